The van der Waals surface area contributed by atoms with E-state index in [1.165, 1.54) is 19.3 Å². The topological polar surface area (TPSA) is 127 Å². The molecule has 1 aromatic rings. The summed E-state index contributed by atoms with van der Waals surface area (Å²) in [6, 6.07) is 2.56. The van der Waals surface area contributed by atoms with Gasteiger partial charge in [0, 0.05) is 12.6 Å². The fourth-order valence-electron chi connectivity index (χ4n) is 2.76. The number of hydrogen-bond donors (Lipinski definition) is 3. The molecule has 2 rings (SSSR count). The van der Waals surface area contributed by atoms with Gasteiger partial charge in [0.15, 0.2) is 11.9 Å². The summed E-state index contributed by atoms with van der Waals surface area (Å²) >= 11 is 0. The molecular weight excluding hydrogens is 354 g/mol. The van der Waals surface area contributed by atoms with Crippen molar-refractivity contribution in [1.29, 1.82) is 0 Å². The summed E-state index contributed by atoms with van der Waals surface area (Å²) in [5, 5.41) is 7.43. The SMILES string of the molecule is C[C@@H](OC(=O)CCNC(=O)c1ccco1)C(=O)NC(=O)NC1CCCCC1. The average Bonchev–Trinajstić information content (AvgIpc) is 3.17. The Morgan fingerprint density at radius 1 is 1.22 bits per heavy atom. The number of rotatable bonds is 7. The molecule has 0 spiro atoms. The lowest BCUT2D eigenvalue weighted by atomic mass is 9.96. The van der Waals surface area contributed by atoms with Crippen LogP contribution in [-0.4, -0.2) is 42.5 Å². The van der Waals surface area contributed by atoms with Crippen LogP contribution in [0.3, 0.4) is 0 Å². The van der Waals surface area contributed by atoms with Gasteiger partial charge in [0.2, 0.25) is 0 Å². The Labute approximate surface area is 157 Å². The smallest absolute Gasteiger partial charge is 0.321 e. The van der Waals surface area contributed by atoms with Crippen LogP contribution in [0, 0.1) is 0 Å². The second-order valence-electron chi connectivity index (χ2n) is 6.41. The first-order chi connectivity index (χ1) is 13.0. The molecule has 4 amide bonds. The number of hydrogen-bond acceptors (Lipinski definition) is 6. The standard InChI is InChI=1S/C18H25N3O6/c1-12(16(23)21-18(25)20-13-6-3-2-4-7-13)27-15(22)9-10-19-17(24)14-8-5-11-26-14/h5,8,11-13H,2-4,6-7,9-10H2,1H3,(H,19,24)(H2,20,21,23,25)/t12-/m1/s1. The van der Waals surface area contributed by atoms with E-state index < -0.39 is 29.9 Å². The maximum atomic E-state index is 11.9. The molecule has 0 unspecified atom stereocenters. The van der Waals surface area contributed by atoms with Gasteiger partial charge in [-0.05, 0) is 31.9 Å². The van der Waals surface area contributed by atoms with Gasteiger partial charge in [-0.3, -0.25) is 19.7 Å². The van der Waals surface area contributed by atoms with Gasteiger partial charge in [-0.2, -0.15) is 0 Å². The number of imide groups is 1. The van der Waals surface area contributed by atoms with E-state index in [1.807, 2.05) is 0 Å². The molecule has 1 atom stereocenters. The molecule has 3 N–H and O–H groups in total. The second kappa shape index (κ2) is 10.3. The minimum atomic E-state index is -1.12. The van der Waals surface area contributed by atoms with Crippen molar-refractivity contribution in [1.82, 2.24) is 16.0 Å². The number of esters is 1. The predicted octanol–water partition coefficient (Wildman–Crippen LogP) is 1.49. The van der Waals surface area contributed by atoms with E-state index in [0.717, 1.165) is 32.1 Å². The van der Waals surface area contributed by atoms with Gasteiger partial charge in [-0.1, -0.05) is 19.3 Å². The fraction of sp³-hybridized carbons (Fsp3) is 0.556. The average molecular weight is 379 g/mol. The van der Waals surface area contributed by atoms with Crippen molar-refractivity contribution >= 4 is 23.8 Å². The van der Waals surface area contributed by atoms with Crippen molar-refractivity contribution in [2.45, 2.75) is 57.6 Å². The molecule has 9 heteroatoms. The van der Waals surface area contributed by atoms with Gasteiger partial charge in [-0.15, -0.1) is 0 Å². The third-order valence-corrected chi connectivity index (χ3v) is 4.21. The van der Waals surface area contributed by atoms with Crippen LogP contribution in [0.25, 0.3) is 0 Å². The van der Waals surface area contributed by atoms with E-state index in [1.54, 1.807) is 6.07 Å². The highest BCUT2D eigenvalue weighted by atomic mass is 16.5. The van der Waals surface area contributed by atoms with E-state index >= 15 is 0 Å². The molecule has 1 aromatic heterocycles. The summed E-state index contributed by atoms with van der Waals surface area (Å²) in [5.41, 5.74) is 0. The van der Waals surface area contributed by atoms with Gasteiger partial charge in [0.25, 0.3) is 11.8 Å². The highest BCUT2D eigenvalue weighted by Gasteiger charge is 2.22. The number of carbonyl (C=O) groups excluding carboxylic acids is 4. The molecular formula is C18H25N3O6. The largest absolute Gasteiger partial charge is 0.459 e. The zero-order valence-electron chi connectivity index (χ0n) is 15.3. The second-order valence-corrected chi connectivity index (χ2v) is 6.41. The first kappa shape index (κ1) is 20.5. The Morgan fingerprint density at radius 3 is 2.63 bits per heavy atom. The maximum absolute atomic E-state index is 11.9. The summed E-state index contributed by atoms with van der Waals surface area (Å²) < 4.78 is 9.89. The van der Waals surface area contributed by atoms with Gasteiger partial charge in [0.1, 0.15) is 0 Å². The van der Waals surface area contributed by atoms with Crippen molar-refractivity contribution in [2.75, 3.05) is 6.54 Å². The molecule has 1 aliphatic rings. The fourth-order valence-corrected chi connectivity index (χ4v) is 2.76. The third kappa shape index (κ3) is 7.12. The van der Waals surface area contributed by atoms with Crippen LogP contribution in [0.4, 0.5) is 4.79 Å². The van der Waals surface area contributed by atoms with Crippen molar-refractivity contribution in [3.63, 3.8) is 0 Å². The monoisotopic (exact) mass is 379 g/mol. The zero-order chi connectivity index (χ0) is 19.6. The van der Waals surface area contributed by atoms with Crippen molar-refractivity contribution in [3.05, 3.63) is 24.2 Å². The van der Waals surface area contributed by atoms with E-state index in [-0.39, 0.29) is 24.8 Å². The number of amides is 4. The number of carbonyl (C=O) groups is 4. The van der Waals surface area contributed by atoms with E-state index in [2.05, 4.69) is 16.0 Å². The normalized spacial score (nSPS) is 15.4. The first-order valence-electron chi connectivity index (χ1n) is 9.08. The Bertz CT molecular complexity index is 652. The minimum Gasteiger partial charge on any atom is -0.459 e. The van der Waals surface area contributed by atoms with Gasteiger partial charge >= 0.3 is 12.0 Å². The number of furan rings is 1. The molecule has 0 bridgehead atoms. The van der Waals surface area contributed by atoms with Crippen LogP contribution in [-0.2, 0) is 14.3 Å². The lowest BCUT2D eigenvalue weighted by Crippen LogP contribution is -2.48. The number of urea groups is 1. The molecule has 1 heterocycles. The molecule has 148 valence electrons. The molecule has 1 saturated carbocycles. The minimum absolute atomic E-state index is 0.0366. The summed E-state index contributed by atoms with van der Waals surface area (Å²) in [6.07, 6.45) is 5.22. The molecule has 1 fully saturated rings. The highest BCUT2D eigenvalue weighted by molar-refractivity contribution is 5.97. The van der Waals surface area contributed by atoms with Crippen LogP contribution >= 0.6 is 0 Å². The Kier molecular flexibility index (Phi) is 7.84. The lowest BCUT2D eigenvalue weighted by molar-refractivity contribution is -0.154. The predicted molar refractivity (Wildman–Crippen MR) is 94.8 cm³/mol. The van der Waals surface area contributed by atoms with Crippen molar-refractivity contribution < 1.29 is 28.3 Å². The Morgan fingerprint density at radius 2 is 1.96 bits per heavy atom. The summed E-state index contributed by atoms with van der Waals surface area (Å²) in [7, 11) is 0. The molecule has 0 radical (unpaired) electrons. The third-order valence-electron chi connectivity index (χ3n) is 4.21. The summed E-state index contributed by atoms with van der Waals surface area (Å²) in [4.78, 5) is 47.2. The van der Waals surface area contributed by atoms with Crippen molar-refractivity contribution in [3.8, 4) is 0 Å². The number of nitrogens with one attached hydrogen (secondary N) is 3. The van der Waals surface area contributed by atoms with Crippen molar-refractivity contribution in [2.24, 2.45) is 0 Å². The molecule has 0 aliphatic heterocycles. The summed E-state index contributed by atoms with van der Waals surface area (Å²) in [5.74, 6) is -1.67. The molecule has 1 aliphatic carbocycles. The maximum Gasteiger partial charge on any atom is 0.321 e. The molecule has 9 nitrogen and oxygen atoms in total. The Balaban J connectivity index is 1.63. The van der Waals surface area contributed by atoms with Crippen LogP contribution in [0.2, 0.25) is 0 Å². The van der Waals surface area contributed by atoms with E-state index in [0.29, 0.717) is 0 Å². The highest BCUT2D eigenvalue weighted by Crippen LogP contribution is 2.17. The van der Waals surface area contributed by atoms with E-state index in [4.69, 9.17) is 9.15 Å². The van der Waals surface area contributed by atoms with Gasteiger partial charge < -0.3 is 19.8 Å². The number of ether oxygens (including phenoxy) is 1. The first-order valence-corrected chi connectivity index (χ1v) is 9.08. The van der Waals surface area contributed by atoms with Crippen LogP contribution < -0.4 is 16.0 Å². The molecule has 0 aromatic carbocycles. The Hall–Kier alpha value is -2.84. The van der Waals surface area contributed by atoms with Gasteiger partial charge in [0.05, 0.1) is 12.7 Å². The van der Waals surface area contributed by atoms with E-state index in [9.17, 15) is 19.2 Å². The van der Waals surface area contributed by atoms with Gasteiger partial charge in [-0.25, -0.2) is 4.79 Å². The zero-order valence-corrected chi connectivity index (χ0v) is 15.3. The molecule has 0 saturated heterocycles. The molecule has 27 heavy (non-hydrogen) atoms. The quantitative estimate of drug-likeness (QED) is 0.616. The summed E-state index contributed by atoms with van der Waals surface area (Å²) in [6.45, 7) is 1.41. The van der Waals surface area contributed by atoms with Crippen LogP contribution in [0.1, 0.15) is 56.0 Å². The lowest BCUT2D eigenvalue weighted by Gasteiger charge is -2.23. The van der Waals surface area contributed by atoms with Crippen LogP contribution in [0.5, 0.6) is 0 Å². The van der Waals surface area contributed by atoms with Crippen LogP contribution in [0.15, 0.2) is 22.8 Å².